The Morgan fingerprint density at radius 1 is 0.913 bits per heavy atom. The smallest absolute Gasteiger partial charge is 0.270 e. The second-order valence-corrected chi connectivity index (χ2v) is 4.74. The van der Waals surface area contributed by atoms with Crippen molar-refractivity contribution in [3.05, 3.63) is 55.1 Å². The minimum absolute atomic E-state index is 0.0273. The monoisotopic (exact) mass is 304 g/mol. The van der Waals surface area contributed by atoms with E-state index >= 15 is 0 Å². The quantitative estimate of drug-likeness (QED) is 0.575. The third-order valence-corrected chi connectivity index (χ3v) is 3.24. The van der Waals surface area contributed by atoms with Crippen LogP contribution in [-0.2, 0) is 0 Å². The summed E-state index contributed by atoms with van der Waals surface area (Å²) in [6.07, 6.45) is 4.61. The number of hydrogen-bond donors (Lipinski definition) is 0. The molecule has 4 rings (SSSR count). The lowest BCUT2D eigenvalue weighted by atomic mass is 10.2. The molecule has 3 heterocycles. The molecule has 3 aromatic heterocycles. The highest BCUT2D eigenvalue weighted by atomic mass is 16.4. The molecule has 0 aliphatic rings. The number of benzene rings is 1. The van der Waals surface area contributed by atoms with Crippen LogP contribution in [0.25, 0.3) is 34.3 Å². The molecular formula is C16H10N5O2. The van der Waals surface area contributed by atoms with E-state index < -0.39 is 0 Å². The SMILES string of the molecule is [NH]c1ncc(-c2ccoc2)nc1-c1nnc(-c2ccccc2)o1. The Bertz CT molecular complexity index is 932. The van der Waals surface area contributed by atoms with Gasteiger partial charge in [-0.2, -0.15) is 0 Å². The minimum atomic E-state index is -0.0273. The second-order valence-electron chi connectivity index (χ2n) is 4.74. The summed E-state index contributed by atoms with van der Waals surface area (Å²) < 4.78 is 10.7. The molecule has 0 amide bonds. The predicted octanol–water partition coefficient (Wildman–Crippen LogP) is 3.37. The third-order valence-electron chi connectivity index (χ3n) is 3.24. The van der Waals surface area contributed by atoms with Crippen LogP contribution in [0.5, 0.6) is 0 Å². The maximum absolute atomic E-state index is 7.92. The Morgan fingerprint density at radius 3 is 2.52 bits per heavy atom. The maximum atomic E-state index is 7.92. The lowest BCUT2D eigenvalue weighted by Crippen LogP contribution is -1.93. The van der Waals surface area contributed by atoms with Crippen LogP contribution in [0.3, 0.4) is 0 Å². The molecule has 0 fully saturated rings. The van der Waals surface area contributed by atoms with Crippen molar-refractivity contribution < 1.29 is 8.83 Å². The van der Waals surface area contributed by atoms with Gasteiger partial charge in [0, 0.05) is 11.1 Å². The van der Waals surface area contributed by atoms with Gasteiger partial charge in [-0.15, -0.1) is 10.2 Å². The van der Waals surface area contributed by atoms with Gasteiger partial charge < -0.3 is 8.83 Å². The molecule has 7 heteroatoms. The molecule has 0 spiro atoms. The molecule has 7 nitrogen and oxygen atoms in total. The molecule has 0 unspecified atom stereocenters. The number of hydrogen-bond acceptors (Lipinski definition) is 6. The first-order valence-corrected chi connectivity index (χ1v) is 6.82. The zero-order chi connectivity index (χ0) is 15.6. The molecule has 0 aliphatic heterocycles. The van der Waals surface area contributed by atoms with Crippen molar-refractivity contribution in [2.24, 2.45) is 0 Å². The second kappa shape index (κ2) is 5.38. The van der Waals surface area contributed by atoms with Crippen LogP contribution in [0, 0.1) is 0 Å². The van der Waals surface area contributed by atoms with E-state index in [0.717, 1.165) is 11.1 Å². The van der Waals surface area contributed by atoms with E-state index in [2.05, 4.69) is 20.2 Å². The molecule has 1 aromatic carbocycles. The van der Waals surface area contributed by atoms with Crippen LogP contribution in [0.4, 0.5) is 5.82 Å². The summed E-state index contributed by atoms with van der Waals surface area (Å²) in [6.45, 7) is 0. The molecule has 23 heavy (non-hydrogen) atoms. The van der Waals surface area contributed by atoms with Gasteiger partial charge in [0.05, 0.1) is 24.4 Å². The van der Waals surface area contributed by atoms with Crippen LogP contribution in [0.15, 0.2) is 64.0 Å². The van der Waals surface area contributed by atoms with Crippen molar-refractivity contribution in [3.63, 3.8) is 0 Å². The van der Waals surface area contributed by atoms with Gasteiger partial charge in [0.25, 0.3) is 5.89 Å². The average Bonchev–Trinajstić information content (AvgIpc) is 3.28. The third kappa shape index (κ3) is 2.44. The van der Waals surface area contributed by atoms with Gasteiger partial charge in [-0.1, -0.05) is 18.2 Å². The van der Waals surface area contributed by atoms with Gasteiger partial charge >= 0.3 is 0 Å². The van der Waals surface area contributed by atoms with Crippen LogP contribution in [-0.4, -0.2) is 20.2 Å². The molecule has 4 aromatic rings. The summed E-state index contributed by atoms with van der Waals surface area (Å²) in [5.74, 6) is 0.503. The normalized spacial score (nSPS) is 10.8. The maximum Gasteiger partial charge on any atom is 0.270 e. The van der Waals surface area contributed by atoms with E-state index in [0.29, 0.717) is 11.6 Å². The van der Waals surface area contributed by atoms with Gasteiger partial charge in [0.1, 0.15) is 0 Å². The first kappa shape index (κ1) is 13.2. The highest BCUT2D eigenvalue weighted by Crippen LogP contribution is 2.28. The number of nitrogens with zero attached hydrogens (tertiary/aromatic N) is 4. The Hall–Kier alpha value is -3.48. The van der Waals surface area contributed by atoms with E-state index in [1.165, 1.54) is 6.20 Å². The van der Waals surface area contributed by atoms with Crippen LogP contribution >= 0.6 is 0 Å². The first-order chi connectivity index (χ1) is 11.3. The lowest BCUT2D eigenvalue weighted by molar-refractivity contribution is 0.568. The molecule has 0 bridgehead atoms. The topological polar surface area (TPSA) is 102 Å². The van der Waals surface area contributed by atoms with Gasteiger partial charge in [0.2, 0.25) is 5.89 Å². The summed E-state index contributed by atoms with van der Waals surface area (Å²) in [6, 6.07) is 11.2. The fourth-order valence-corrected chi connectivity index (χ4v) is 2.10. The number of rotatable bonds is 3. The highest BCUT2D eigenvalue weighted by molar-refractivity contribution is 5.67. The van der Waals surface area contributed by atoms with E-state index in [-0.39, 0.29) is 17.4 Å². The van der Waals surface area contributed by atoms with E-state index in [1.807, 2.05) is 30.3 Å². The predicted molar refractivity (Wildman–Crippen MR) is 81.2 cm³/mol. The molecule has 1 N–H and O–H groups in total. The summed E-state index contributed by atoms with van der Waals surface area (Å²) >= 11 is 0. The molecule has 0 aliphatic carbocycles. The Kier molecular flexibility index (Phi) is 3.09. The number of nitrogens with one attached hydrogen (secondary N) is 1. The largest absolute Gasteiger partial charge is 0.472 e. The van der Waals surface area contributed by atoms with Crippen molar-refractivity contribution >= 4 is 5.82 Å². The Labute approximate surface area is 130 Å². The van der Waals surface area contributed by atoms with Crippen molar-refractivity contribution in [2.45, 2.75) is 0 Å². The van der Waals surface area contributed by atoms with Crippen molar-refractivity contribution in [3.8, 4) is 34.3 Å². The lowest BCUT2D eigenvalue weighted by Gasteiger charge is -2.01. The van der Waals surface area contributed by atoms with Gasteiger partial charge in [-0.25, -0.2) is 9.97 Å². The van der Waals surface area contributed by atoms with Gasteiger partial charge in [0.15, 0.2) is 11.5 Å². The molecule has 0 saturated heterocycles. The molecule has 0 saturated carbocycles. The van der Waals surface area contributed by atoms with Crippen LogP contribution < -0.4 is 5.73 Å². The molecule has 111 valence electrons. The summed E-state index contributed by atoms with van der Waals surface area (Å²) in [5, 5.41) is 7.99. The van der Waals surface area contributed by atoms with Gasteiger partial charge in [-0.3, -0.25) is 5.73 Å². The van der Waals surface area contributed by atoms with Crippen molar-refractivity contribution in [2.75, 3.05) is 0 Å². The molecule has 1 radical (unpaired) electrons. The van der Waals surface area contributed by atoms with Crippen LogP contribution in [0.2, 0.25) is 0 Å². The number of aromatic nitrogens is 4. The first-order valence-electron chi connectivity index (χ1n) is 6.82. The van der Waals surface area contributed by atoms with Crippen molar-refractivity contribution in [1.29, 1.82) is 0 Å². The zero-order valence-corrected chi connectivity index (χ0v) is 11.8. The molecular weight excluding hydrogens is 294 g/mol. The summed E-state index contributed by atoms with van der Waals surface area (Å²) in [5.41, 5.74) is 10.3. The van der Waals surface area contributed by atoms with E-state index in [4.69, 9.17) is 14.6 Å². The summed E-state index contributed by atoms with van der Waals surface area (Å²) in [4.78, 5) is 8.41. The van der Waals surface area contributed by atoms with Crippen LogP contribution in [0.1, 0.15) is 0 Å². The minimum Gasteiger partial charge on any atom is -0.472 e. The fourth-order valence-electron chi connectivity index (χ4n) is 2.10. The number of furan rings is 1. The average molecular weight is 304 g/mol. The molecule has 0 atom stereocenters. The Morgan fingerprint density at radius 2 is 1.74 bits per heavy atom. The van der Waals surface area contributed by atoms with Gasteiger partial charge in [-0.05, 0) is 18.2 Å². The zero-order valence-electron chi connectivity index (χ0n) is 11.8. The van der Waals surface area contributed by atoms with Crippen molar-refractivity contribution in [1.82, 2.24) is 25.9 Å². The fraction of sp³-hybridized carbons (Fsp3) is 0. The highest BCUT2D eigenvalue weighted by Gasteiger charge is 2.17. The Balaban J connectivity index is 1.76. The van der Waals surface area contributed by atoms with E-state index in [1.54, 1.807) is 18.6 Å². The standard InChI is InChI=1S/C16H10N5O2/c17-14-13(19-12(8-18-14)11-6-7-22-9-11)16-21-20-15(23-16)10-4-2-1-3-5-10/h1-9,17H. The van der Waals surface area contributed by atoms with E-state index in [9.17, 15) is 0 Å². The summed E-state index contributed by atoms with van der Waals surface area (Å²) in [7, 11) is 0.